The molecule has 1 aliphatic rings. The van der Waals surface area contributed by atoms with E-state index in [1.807, 2.05) is 74.2 Å². The van der Waals surface area contributed by atoms with E-state index in [2.05, 4.69) is 4.57 Å². The van der Waals surface area contributed by atoms with E-state index < -0.39 is 5.92 Å². The molecule has 144 valence electrons. The first-order chi connectivity index (χ1) is 13.5. The van der Waals surface area contributed by atoms with Gasteiger partial charge in [0.1, 0.15) is 5.92 Å². The maximum Gasteiger partial charge on any atom is 0.233 e. The second kappa shape index (κ2) is 7.40. The average molecular weight is 395 g/mol. The van der Waals surface area contributed by atoms with Gasteiger partial charge >= 0.3 is 0 Å². The number of benzene rings is 2. The highest BCUT2D eigenvalue weighted by atomic mass is 35.5. The first-order valence-corrected chi connectivity index (χ1v) is 9.99. The average Bonchev–Trinajstić information content (AvgIpc) is 3.05. The summed E-state index contributed by atoms with van der Waals surface area (Å²) in [6, 6.07) is 15.4. The molecule has 0 aliphatic carbocycles. The van der Waals surface area contributed by atoms with E-state index in [0.29, 0.717) is 24.1 Å². The van der Waals surface area contributed by atoms with E-state index in [9.17, 15) is 4.79 Å². The van der Waals surface area contributed by atoms with Crippen LogP contribution in [0.15, 0.2) is 53.5 Å². The molecule has 28 heavy (non-hydrogen) atoms. The Hall–Kier alpha value is -2.66. The molecule has 0 bridgehead atoms. The van der Waals surface area contributed by atoms with E-state index in [4.69, 9.17) is 21.6 Å². The van der Waals surface area contributed by atoms with Crippen LogP contribution in [0.2, 0.25) is 5.02 Å². The zero-order valence-electron chi connectivity index (χ0n) is 16.3. The van der Waals surface area contributed by atoms with E-state index in [1.54, 1.807) is 0 Å². The summed E-state index contributed by atoms with van der Waals surface area (Å²) in [4.78, 5) is 24.8. The zero-order valence-corrected chi connectivity index (χ0v) is 17.0. The SMILES string of the molecule is CCN(CC)C(=O)C1C(C)=Nc2nc3ccccc3n2C1c1cccc(Cl)c1. The van der Waals surface area contributed by atoms with E-state index in [-0.39, 0.29) is 11.9 Å². The summed E-state index contributed by atoms with van der Waals surface area (Å²) in [5.74, 6) is 0.315. The normalized spacial score (nSPS) is 18.6. The Balaban J connectivity index is 1.97. The Morgan fingerprint density at radius 1 is 1.14 bits per heavy atom. The summed E-state index contributed by atoms with van der Waals surface area (Å²) >= 11 is 6.31. The second-order valence-electron chi connectivity index (χ2n) is 7.01. The van der Waals surface area contributed by atoms with E-state index in [1.165, 1.54) is 0 Å². The molecule has 0 saturated carbocycles. The molecule has 5 nitrogen and oxygen atoms in total. The summed E-state index contributed by atoms with van der Waals surface area (Å²) in [7, 11) is 0. The molecule has 3 aromatic rings. The lowest BCUT2D eigenvalue weighted by Gasteiger charge is -2.35. The molecular weight excluding hydrogens is 372 g/mol. The van der Waals surface area contributed by atoms with Gasteiger partial charge in [0.05, 0.1) is 17.1 Å². The monoisotopic (exact) mass is 394 g/mol. The fourth-order valence-electron chi connectivity index (χ4n) is 4.07. The first-order valence-electron chi connectivity index (χ1n) is 9.61. The fourth-order valence-corrected chi connectivity index (χ4v) is 4.27. The van der Waals surface area contributed by atoms with Crippen molar-refractivity contribution in [2.24, 2.45) is 10.9 Å². The fraction of sp³-hybridized carbons (Fsp3) is 0.318. The minimum absolute atomic E-state index is 0.0830. The number of amides is 1. The smallest absolute Gasteiger partial charge is 0.233 e. The van der Waals surface area contributed by atoms with Gasteiger partial charge in [-0.25, -0.2) is 9.98 Å². The minimum Gasteiger partial charge on any atom is -0.343 e. The van der Waals surface area contributed by atoms with Crippen LogP contribution in [0.1, 0.15) is 32.4 Å². The van der Waals surface area contributed by atoms with Crippen molar-refractivity contribution < 1.29 is 4.79 Å². The van der Waals surface area contributed by atoms with Crippen LogP contribution in [0, 0.1) is 5.92 Å². The van der Waals surface area contributed by atoms with Crippen LogP contribution in [-0.4, -0.2) is 39.2 Å². The molecule has 0 fully saturated rings. The molecule has 0 N–H and O–H groups in total. The molecule has 2 unspecified atom stereocenters. The molecule has 0 spiro atoms. The van der Waals surface area contributed by atoms with Gasteiger partial charge < -0.3 is 4.90 Å². The lowest BCUT2D eigenvalue weighted by Crippen LogP contribution is -2.44. The lowest BCUT2D eigenvalue weighted by molar-refractivity contribution is -0.133. The van der Waals surface area contributed by atoms with Gasteiger partial charge in [-0.2, -0.15) is 0 Å². The Kier molecular flexibility index (Phi) is 4.94. The highest BCUT2D eigenvalue weighted by Gasteiger charge is 2.40. The van der Waals surface area contributed by atoms with Gasteiger partial charge in [0, 0.05) is 23.8 Å². The number of rotatable bonds is 4. The first kappa shape index (κ1) is 18.7. The number of aliphatic imine (C=N–C) groups is 1. The van der Waals surface area contributed by atoms with Crippen LogP contribution in [0.5, 0.6) is 0 Å². The minimum atomic E-state index is -0.400. The van der Waals surface area contributed by atoms with Crippen molar-refractivity contribution in [3.05, 3.63) is 59.1 Å². The predicted molar refractivity (Wildman–Crippen MR) is 114 cm³/mol. The third kappa shape index (κ3) is 3.00. The van der Waals surface area contributed by atoms with Crippen molar-refractivity contribution in [3.8, 4) is 0 Å². The van der Waals surface area contributed by atoms with Gasteiger partial charge in [0.25, 0.3) is 0 Å². The Bertz CT molecular complexity index is 1070. The number of carbonyl (C=O) groups excluding carboxylic acids is 1. The summed E-state index contributed by atoms with van der Waals surface area (Å²) in [6.07, 6.45) is 0. The Morgan fingerprint density at radius 3 is 2.61 bits per heavy atom. The summed E-state index contributed by atoms with van der Waals surface area (Å²) in [5, 5.41) is 0.651. The summed E-state index contributed by atoms with van der Waals surface area (Å²) < 4.78 is 2.08. The molecule has 0 radical (unpaired) electrons. The number of carbonyl (C=O) groups is 1. The molecule has 1 amide bonds. The number of imidazole rings is 1. The molecule has 2 aromatic carbocycles. The largest absolute Gasteiger partial charge is 0.343 e. The molecule has 0 saturated heterocycles. The van der Waals surface area contributed by atoms with Crippen molar-refractivity contribution in [1.29, 1.82) is 0 Å². The molecule has 1 aliphatic heterocycles. The van der Waals surface area contributed by atoms with Gasteiger partial charge in [-0.3, -0.25) is 9.36 Å². The zero-order chi connectivity index (χ0) is 19.8. The van der Waals surface area contributed by atoms with Gasteiger partial charge in [-0.1, -0.05) is 35.9 Å². The second-order valence-corrected chi connectivity index (χ2v) is 7.45. The topological polar surface area (TPSA) is 50.5 Å². The van der Waals surface area contributed by atoms with Gasteiger partial charge in [-0.15, -0.1) is 0 Å². The number of hydrogen-bond donors (Lipinski definition) is 0. The van der Waals surface area contributed by atoms with Gasteiger partial charge in [0.2, 0.25) is 11.9 Å². The molecule has 2 heterocycles. The maximum atomic E-state index is 13.5. The molecule has 4 rings (SSSR count). The number of nitrogens with zero attached hydrogens (tertiary/aromatic N) is 4. The van der Waals surface area contributed by atoms with Gasteiger partial charge in [-0.05, 0) is 50.6 Å². The van der Waals surface area contributed by atoms with E-state index in [0.717, 1.165) is 22.3 Å². The lowest BCUT2D eigenvalue weighted by atomic mass is 9.86. The van der Waals surface area contributed by atoms with Crippen molar-refractivity contribution >= 4 is 40.2 Å². The van der Waals surface area contributed by atoms with Crippen molar-refractivity contribution in [2.75, 3.05) is 13.1 Å². The number of hydrogen-bond acceptors (Lipinski definition) is 3. The van der Waals surface area contributed by atoms with Crippen LogP contribution < -0.4 is 0 Å². The standard InChI is InChI=1S/C22H23ClN4O/c1-4-26(5-2)21(28)19-14(3)24-22-25-17-11-6-7-12-18(17)27(22)20(19)15-9-8-10-16(23)13-15/h6-13,19-20H,4-5H2,1-3H3. The Morgan fingerprint density at radius 2 is 1.89 bits per heavy atom. The number of para-hydroxylation sites is 2. The summed E-state index contributed by atoms with van der Waals surface area (Å²) in [5.41, 5.74) is 3.61. The quantitative estimate of drug-likeness (QED) is 0.633. The third-order valence-electron chi connectivity index (χ3n) is 5.43. The number of aromatic nitrogens is 2. The number of halogens is 1. The van der Waals surface area contributed by atoms with Crippen molar-refractivity contribution in [1.82, 2.24) is 14.5 Å². The highest BCUT2D eigenvalue weighted by molar-refractivity contribution is 6.30. The van der Waals surface area contributed by atoms with Crippen LogP contribution in [0.4, 0.5) is 5.95 Å². The molecule has 2 atom stereocenters. The maximum absolute atomic E-state index is 13.5. The highest BCUT2D eigenvalue weighted by Crippen LogP contribution is 2.40. The van der Waals surface area contributed by atoms with Crippen LogP contribution in [0.25, 0.3) is 11.0 Å². The van der Waals surface area contributed by atoms with Crippen LogP contribution in [0.3, 0.4) is 0 Å². The van der Waals surface area contributed by atoms with Crippen molar-refractivity contribution in [2.45, 2.75) is 26.8 Å². The molecule has 6 heteroatoms. The molecule has 1 aromatic heterocycles. The van der Waals surface area contributed by atoms with Crippen LogP contribution in [-0.2, 0) is 4.79 Å². The summed E-state index contributed by atoms with van der Waals surface area (Å²) in [6.45, 7) is 7.26. The van der Waals surface area contributed by atoms with E-state index >= 15 is 0 Å². The Labute approximate surface area is 169 Å². The van der Waals surface area contributed by atoms with Gasteiger partial charge in [0.15, 0.2) is 0 Å². The predicted octanol–water partition coefficient (Wildman–Crippen LogP) is 4.87. The number of fused-ring (bicyclic) bond motifs is 3. The van der Waals surface area contributed by atoms with Crippen molar-refractivity contribution in [3.63, 3.8) is 0 Å². The van der Waals surface area contributed by atoms with Crippen LogP contribution >= 0.6 is 11.6 Å². The third-order valence-corrected chi connectivity index (χ3v) is 5.66. The molecular formula is C22H23ClN4O.